The Labute approximate surface area is 154 Å². The summed E-state index contributed by atoms with van der Waals surface area (Å²) in [6, 6.07) is 21.5. The molecule has 136 valence electrons. The highest BCUT2D eigenvalue weighted by Crippen LogP contribution is 2.37. The quantitative estimate of drug-likeness (QED) is 0.570. The van der Waals surface area contributed by atoms with Gasteiger partial charge in [-0.25, -0.2) is 0 Å². The summed E-state index contributed by atoms with van der Waals surface area (Å²) in [4.78, 5) is 0. The molecule has 25 heavy (non-hydrogen) atoms. The minimum Gasteiger partial charge on any atom is -0.405 e. The van der Waals surface area contributed by atoms with Crippen molar-refractivity contribution in [3.63, 3.8) is 0 Å². The first-order chi connectivity index (χ1) is 11.9. The second kappa shape index (κ2) is 8.79. The molecule has 0 saturated carbocycles. The fourth-order valence-corrected chi connectivity index (χ4v) is 8.33. The van der Waals surface area contributed by atoms with Crippen LogP contribution in [0.25, 0.3) is 0 Å². The van der Waals surface area contributed by atoms with Crippen molar-refractivity contribution in [1.29, 1.82) is 0 Å². The average molecular weight is 357 g/mol. The predicted molar refractivity (Wildman–Crippen MR) is 109 cm³/mol. The van der Waals surface area contributed by atoms with Crippen LogP contribution in [0.4, 0.5) is 0 Å². The lowest BCUT2D eigenvalue weighted by atomic mass is 10.2. The molecule has 1 unspecified atom stereocenters. The van der Waals surface area contributed by atoms with Crippen molar-refractivity contribution in [1.82, 2.24) is 0 Å². The molecule has 2 aromatic rings. The first kappa shape index (κ1) is 19.9. The van der Waals surface area contributed by atoms with E-state index in [1.54, 1.807) is 0 Å². The fraction of sp³-hybridized carbons (Fsp3) is 0.455. The molecule has 2 nitrogen and oxygen atoms in total. The third-order valence-electron chi connectivity index (χ3n) is 4.81. The summed E-state index contributed by atoms with van der Waals surface area (Å²) >= 11 is 0. The summed E-state index contributed by atoms with van der Waals surface area (Å²) in [7, 11) is -2.44. The van der Waals surface area contributed by atoms with E-state index in [0.29, 0.717) is 0 Å². The van der Waals surface area contributed by atoms with E-state index in [1.807, 2.05) is 0 Å². The second-order valence-electron chi connectivity index (χ2n) is 7.81. The van der Waals surface area contributed by atoms with Crippen LogP contribution in [0.5, 0.6) is 0 Å². The van der Waals surface area contributed by atoms with Gasteiger partial charge >= 0.3 is 0 Å². The third kappa shape index (κ3) is 4.60. The van der Waals surface area contributed by atoms with Crippen LogP contribution in [-0.4, -0.2) is 26.1 Å². The highest BCUT2D eigenvalue weighted by atomic mass is 28.4. The molecule has 3 heteroatoms. The molecule has 0 aliphatic carbocycles. The van der Waals surface area contributed by atoms with Crippen molar-refractivity contribution < 1.29 is 9.53 Å². The van der Waals surface area contributed by atoms with E-state index in [4.69, 9.17) is 9.53 Å². The monoisotopic (exact) mass is 356 g/mol. The standard InChI is InChI=1S/C22H32O2Si/c1-19(13-11-12-18-23)24-25(22(2,3)4,20-14-7-5-8-15-20)21-16-9-6-10-17-21/h5-10,14-17,19,23H,11-13,18H2,1-4H3. The predicted octanol–water partition coefficient (Wildman–Crippen LogP) is 4.11. The van der Waals surface area contributed by atoms with Gasteiger partial charge in [0.15, 0.2) is 0 Å². The maximum absolute atomic E-state index is 9.06. The van der Waals surface area contributed by atoms with Gasteiger partial charge in [-0.15, -0.1) is 0 Å². The van der Waals surface area contributed by atoms with Crippen LogP contribution >= 0.6 is 0 Å². The van der Waals surface area contributed by atoms with Crippen molar-refractivity contribution in [2.24, 2.45) is 0 Å². The molecule has 0 fully saturated rings. The smallest absolute Gasteiger partial charge is 0.261 e. The molecule has 0 saturated heterocycles. The molecule has 0 bridgehead atoms. The maximum Gasteiger partial charge on any atom is 0.261 e. The Morgan fingerprint density at radius 1 is 0.880 bits per heavy atom. The molecule has 0 radical (unpaired) electrons. The zero-order valence-corrected chi connectivity index (χ0v) is 17.0. The van der Waals surface area contributed by atoms with Crippen molar-refractivity contribution >= 4 is 18.7 Å². The highest BCUT2D eigenvalue weighted by molar-refractivity contribution is 6.99. The van der Waals surface area contributed by atoms with E-state index in [9.17, 15) is 0 Å². The van der Waals surface area contributed by atoms with Gasteiger partial charge in [-0.1, -0.05) is 81.4 Å². The van der Waals surface area contributed by atoms with Gasteiger partial charge in [0.25, 0.3) is 8.32 Å². The lowest BCUT2D eigenvalue weighted by Crippen LogP contribution is -2.67. The van der Waals surface area contributed by atoms with Gasteiger partial charge in [-0.3, -0.25) is 0 Å². The van der Waals surface area contributed by atoms with Crippen LogP contribution < -0.4 is 10.4 Å². The van der Waals surface area contributed by atoms with Gasteiger partial charge < -0.3 is 9.53 Å². The fourth-order valence-electron chi connectivity index (χ4n) is 3.60. The Hall–Kier alpha value is -1.42. The van der Waals surface area contributed by atoms with E-state index in [1.165, 1.54) is 10.4 Å². The molecular formula is C22H32O2Si. The van der Waals surface area contributed by atoms with Crippen molar-refractivity contribution in [3.8, 4) is 0 Å². The average Bonchev–Trinajstić information content (AvgIpc) is 2.60. The Morgan fingerprint density at radius 3 is 1.76 bits per heavy atom. The van der Waals surface area contributed by atoms with E-state index in [-0.39, 0.29) is 17.7 Å². The lowest BCUT2D eigenvalue weighted by molar-refractivity contribution is 0.186. The third-order valence-corrected chi connectivity index (χ3v) is 9.97. The largest absolute Gasteiger partial charge is 0.405 e. The number of unbranched alkanes of at least 4 members (excludes halogenated alkanes) is 1. The molecule has 0 aromatic heterocycles. The zero-order valence-electron chi connectivity index (χ0n) is 16.0. The molecular weight excluding hydrogens is 324 g/mol. The van der Waals surface area contributed by atoms with Gasteiger partial charge in [-0.2, -0.15) is 0 Å². The Balaban J connectivity index is 2.49. The number of rotatable bonds is 8. The van der Waals surface area contributed by atoms with Crippen molar-refractivity contribution in [2.45, 2.75) is 58.1 Å². The normalized spacial score (nSPS) is 13.6. The SMILES string of the molecule is CC(CCCCO)O[Si](c1ccccc1)(c1ccccc1)C(C)(C)C. The Morgan fingerprint density at radius 2 is 1.36 bits per heavy atom. The van der Waals surface area contributed by atoms with Crippen LogP contribution in [0.3, 0.4) is 0 Å². The molecule has 1 atom stereocenters. The Bertz CT molecular complexity index is 580. The molecule has 1 N–H and O–H groups in total. The number of hydrogen-bond acceptors (Lipinski definition) is 2. The second-order valence-corrected chi connectivity index (χ2v) is 12.1. The molecule has 0 aliphatic heterocycles. The molecule has 0 amide bonds. The van der Waals surface area contributed by atoms with Gasteiger partial charge in [0.05, 0.1) is 0 Å². The minimum atomic E-state index is -2.44. The van der Waals surface area contributed by atoms with Gasteiger partial charge in [0.2, 0.25) is 0 Å². The topological polar surface area (TPSA) is 29.5 Å². The van der Waals surface area contributed by atoms with Crippen LogP contribution in [0.1, 0.15) is 47.0 Å². The summed E-state index contributed by atoms with van der Waals surface area (Å²) in [6.07, 6.45) is 2.98. The molecule has 0 heterocycles. The maximum atomic E-state index is 9.06. The Kier molecular flexibility index (Phi) is 7.00. The molecule has 0 aliphatic rings. The summed E-state index contributed by atoms with van der Waals surface area (Å²) in [5.74, 6) is 0. The summed E-state index contributed by atoms with van der Waals surface area (Å²) < 4.78 is 6.98. The number of hydrogen-bond donors (Lipinski definition) is 1. The van der Waals surface area contributed by atoms with Crippen LogP contribution in [0, 0.1) is 0 Å². The van der Waals surface area contributed by atoms with Crippen LogP contribution in [0.2, 0.25) is 5.04 Å². The van der Waals surface area contributed by atoms with Gasteiger partial charge in [-0.05, 0) is 41.6 Å². The highest BCUT2D eigenvalue weighted by Gasteiger charge is 2.50. The first-order valence-corrected chi connectivity index (χ1v) is 11.2. The zero-order chi connectivity index (χ0) is 18.3. The van der Waals surface area contributed by atoms with E-state index >= 15 is 0 Å². The van der Waals surface area contributed by atoms with E-state index in [2.05, 4.69) is 88.4 Å². The lowest BCUT2D eigenvalue weighted by Gasteiger charge is -2.44. The number of aliphatic hydroxyl groups excluding tert-OH is 1. The molecule has 2 aromatic carbocycles. The molecule has 2 rings (SSSR count). The minimum absolute atomic E-state index is 0.0148. The van der Waals surface area contributed by atoms with E-state index in [0.717, 1.165) is 19.3 Å². The van der Waals surface area contributed by atoms with Gasteiger partial charge in [0.1, 0.15) is 0 Å². The van der Waals surface area contributed by atoms with Crippen molar-refractivity contribution in [2.75, 3.05) is 6.61 Å². The first-order valence-electron chi connectivity index (χ1n) is 9.31. The number of benzene rings is 2. The van der Waals surface area contributed by atoms with Crippen molar-refractivity contribution in [3.05, 3.63) is 60.7 Å². The summed E-state index contributed by atoms with van der Waals surface area (Å²) in [5, 5.41) is 11.7. The van der Waals surface area contributed by atoms with Crippen LogP contribution in [-0.2, 0) is 4.43 Å². The summed E-state index contributed by atoms with van der Waals surface area (Å²) in [5.41, 5.74) is 0. The van der Waals surface area contributed by atoms with Crippen LogP contribution in [0.15, 0.2) is 60.7 Å². The van der Waals surface area contributed by atoms with E-state index < -0.39 is 8.32 Å². The molecule has 0 spiro atoms. The summed E-state index contributed by atoms with van der Waals surface area (Å²) in [6.45, 7) is 9.35. The number of aliphatic hydroxyl groups is 1. The van der Waals surface area contributed by atoms with Gasteiger partial charge in [0, 0.05) is 12.7 Å².